The Hall–Kier alpha value is -0.240. The zero-order valence-electron chi connectivity index (χ0n) is 12.3. The van der Waals surface area contributed by atoms with E-state index in [0.717, 1.165) is 25.9 Å². The summed E-state index contributed by atoms with van der Waals surface area (Å²) in [5, 5.41) is 0.232. The molecule has 1 aliphatic heterocycles. The molecule has 2 aliphatic rings. The van der Waals surface area contributed by atoms with Gasteiger partial charge in [-0.1, -0.05) is 27.7 Å². The zero-order chi connectivity index (χ0) is 13.7. The van der Waals surface area contributed by atoms with Crippen molar-refractivity contribution >= 4 is 17.5 Å². The first-order valence-corrected chi connectivity index (χ1v) is 7.56. The normalized spacial score (nSPS) is 29.1. The van der Waals surface area contributed by atoms with Gasteiger partial charge in [0.1, 0.15) is 0 Å². The number of piperidine rings is 1. The Morgan fingerprint density at radius 1 is 1.17 bits per heavy atom. The number of amides is 1. The number of carbonyl (C=O) groups is 1. The zero-order valence-corrected chi connectivity index (χ0v) is 13.0. The van der Waals surface area contributed by atoms with E-state index in [4.69, 9.17) is 11.6 Å². The average Bonchev–Trinajstić information content (AvgIpc) is 2.69. The van der Waals surface area contributed by atoms with E-state index < -0.39 is 0 Å². The number of rotatable bonds is 2. The van der Waals surface area contributed by atoms with Crippen LogP contribution in [0.4, 0.5) is 0 Å². The molecule has 2 fully saturated rings. The molecule has 1 saturated heterocycles. The predicted octanol–water partition coefficient (Wildman–Crippen LogP) is 3.53. The lowest BCUT2D eigenvalue weighted by Crippen LogP contribution is -2.41. The first-order chi connectivity index (χ1) is 8.19. The van der Waals surface area contributed by atoms with Gasteiger partial charge in [0.15, 0.2) is 0 Å². The van der Waals surface area contributed by atoms with Gasteiger partial charge < -0.3 is 4.90 Å². The van der Waals surface area contributed by atoms with Crippen LogP contribution in [-0.4, -0.2) is 29.3 Å². The van der Waals surface area contributed by atoms with Gasteiger partial charge in [0.25, 0.3) is 0 Å². The number of alkyl halides is 1. The van der Waals surface area contributed by atoms with Gasteiger partial charge in [-0.25, -0.2) is 0 Å². The fourth-order valence-corrected chi connectivity index (χ4v) is 3.83. The highest BCUT2D eigenvalue weighted by atomic mass is 35.5. The minimum atomic E-state index is 0.153. The van der Waals surface area contributed by atoms with Gasteiger partial charge in [0.05, 0.1) is 0 Å². The van der Waals surface area contributed by atoms with E-state index in [0.29, 0.717) is 11.8 Å². The molecule has 2 nitrogen and oxygen atoms in total. The summed E-state index contributed by atoms with van der Waals surface area (Å²) in [5.74, 6) is 1.15. The van der Waals surface area contributed by atoms with Gasteiger partial charge in [-0.2, -0.15) is 0 Å². The fraction of sp³-hybridized carbons (Fsp3) is 0.933. The van der Waals surface area contributed by atoms with Crippen LogP contribution < -0.4 is 0 Å². The van der Waals surface area contributed by atoms with Gasteiger partial charge in [0.2, 0.25) is 5.91 Å². The van der Waals surface area contributed by atoms with Crippen LogP contribution in [0.25, 0.3) is 0 Å². The number of halogens is 1. The number of likely N-dealkylation sites (tertiary alicyclic amines) is 1. The van der Waals surface area contributed by atoms with E-state index in [1.807, 2.05) is 0 Å². The molecule has 0 aromatic heterocycles. The molecule has 0 aromatic rings. The Balaban J connectivity index is 1.94. The van der Waals surface area contributed by atoms with E-state index >= 15 is 0 Å². The minimum Gasteiger partial charge on any atom is -0.342 e. The average molecular weight is 272 g/mol. The minimum absolute atomic E-state index is 0.153. The summed E-state index contributed by atoms with van der Waals surface area (Å²) in [4.78, 5) is 14.6. The highest BCUT2D eigenvalue weighted by molar-refractivity contribution is 6.20. The fourth-order valence-electron chi connectivity index (χ4n) is 3.58. The monoisotopic (exact) mass is 271 g/mol. The molecule has 3 heteroatoms. The van der Waals surface area contributed by atoms with Gasteiger partial charge >= 0.3 is 0 Å². The van der Waals surface area contributed by atoms with Crippen LogP contribution >= 0.6 is 11.6 Å². The van der Waals surface area contributed by atoms with Crippen molar-refractivity contribution in [3.05, 3.63) is 0 Å². The van der Waals surface area contributed by atoms with Crippen molar-refractivity contribution < 1.29 is 4.79 Å². The van der Waals surface area contributed by atoms with Crippen molar-refractivity contribution in [3.63, 3.8) is 0 Å². The Labute approximate surface area is 116 Å². The van der Waals surface area contributed by atoms with Crippen molar-refractivity contribution in [2.75, 3.05) is 13.1 Å². The summed E-state index contributed by atoms with van der Waals surface area (Å²) in [7, 11) is 0. The van der Waals surface area contributed by atoms with Crippen molar-refractivity contribution in [2.45, 2.75) is 52.8 Å². The molecule has 2 rings (SSSR count). The largest absolute Gasteiger partial charge is 0.342 e. The first kappa shape index (κ1) is 14.2. The molecule has 1 heterocycles. The highest BCUT2D eigenvalue weighted by Gasteiger charge is 2.68. The number of hydrogen-bond donors (Lipinski definition) is 0. The van der Waals surface area contributed by atoms with Gasteiger partial charge in [-0.15, -0.1) is 11.6 Å². The second-order valence-corrected chi connectivity index (χ2v) is 7.91. The standard InChI is InChI=1S/C15H26ClNO/c1-10(16)11-6-8-17(9-7-11)13(18)12-14(2,3)15(12,4)5/h10-12H,6-9H2,1-5H3. The van der Waals surface area contributed by atoms with Gasteiger partial charge in [0, 0.05) is 24.4 Å². The van der Waals surface area contributed by atoms with Crippen LogP contribution in [0, 0.1) is 22.7 Å². The summed E-state index contributed by atoms with van der Waals surface area (Å²) in [6.07, 6.45) is 2.12. The maximum absolute atomic E-state index is 12.6. The van der Waals surface area contributed by atoms with Crippen LogP contribution in [0.15, 0.2) is 0 Å². The van der Waals surface area contributed by atoms with Gasteiger partial charge in [-0.3, -0.25) is 4.79 Å². The molecule has 1 unspecified atom stereocenters. The smallest absolute Gasteiger partial charge is 0.226 e. The highest BCUT2D eigenvalue weighted by Crippen LogP contribution is 2.68. The number of hydrogen-bond acceptors (Lipinski definition) is 1. The van der Waals surface area contributed by atoms with Crippen molar-refractivity contribution in [3.8, 4) is 0 Å². The SMILES string of the molecule is CC(Cl)C1CCN(C(=O)C2C(C)(C)C2(C)C)CC1. The van der Waals surface area contributed by atoms with Crippen molar-refractivity contribution in [2.24, 2.45) is 22.7 Å². The van der Waals surface area contributed by atoms with Crippen LogP contribution in [0.2, 0.25) is 0 Å². The molecule has 1 saturated carbocycles. The molecular formula is C15H26ClNO. The molecule has 0 N–H and O–H groups in total. The molecule has 0 aromatic carbocycles. The maximum atomic E-state index is 12.6. The predicted molar refractivity (Wildman–Crippen MR) is 75.7 cm³/mol. The maximum Gasteiger partial charge on any atom is 0.226 e. The number of nitrogens with zero attached hydrogens (tertiary/aromatic N) is 1. The van der Waals surface area contributed by atoms with E-state index in [9.17, 15) is 4.79 Å². The third-order valence-electron chi connectivity index (χ3n) is 5.77. The van der Waals surface area contributed by atoms with Gasteiger partial charge in [-0.05, 0) is 36.5 Å². The Morgan fingerprint density at radius 3 is 1.94 bits per heavy atom. The lowest BCUT2D eigenvalue weighted by molar-refractivity contribution is -0.135. The topological polar surface area (TPSA) is 20.3 Å². The lowest BCUT2D eigenvalue weighted by Gasteiger charge is -2.33. The van der Waals surface area contributed by atoms with Crippen LogP contribution in [0.5, 0.6) is 0 Å². The van der Waals surface area contributed by atoms with Crippen molar-refractivity contribution in [1.82, 2.24) is 4.90 Å². The molecule has 18 heavy (non-hydrogen) atoms. The summed E-state index contributed by atoms with van der Waals surface area (Å²) in [6, 6.07) is 0. The molecule has 1 atom stereocenters. The summed E-state index contributed by atoms with van der Waals surface area (Å²) < 4.78 is 0. The van der Waals surface area contributed by atoms with Crippen LogP contribution in [0.3, 0.4) is 0 Å². The summed E-state index contributed by atoms with van der Waals surface area (Å²) in [6.45, 7) is 12.7. The number of carbonyl (C=O) groups excluding carboxylic acids is 1. The lowest BCUT2D eigenvalue weighted by atomic mass is 9.93. The molecule has 0 spiro atoms. The second kappa shape index (κ2) is 4.40. The summed E-state index contributed by atoms with van der Waals surface area (Å²) >= 11 is 6.15. The molecule has 1 aliphatic carbocycles. The molecule has 104 valence electrons. The first-order valence-electron chi connectivity index (χ1n) is 7.12. The van der Waals surface area contributed by atoms with E-state index in [1.54, 1.807) is 0 Å². The Kier molecular flexibility index (Phi) is 3.46. The molecule has 0 bridgehead atoms. The molecule has 0 radical (unpaired) electrons. The third kappa shape index (κ3) is 2.07. The summed E-state index contributed by atoms with van der Waals surface area (Å²) in [5.41, 5.74) is 0.307. The second-order valence-electron chi connectivity index (χ2n) is 7.22. The van der Waals surface area contributed by atoms with Crippen LogP contribution in [-0.2, 0) is 4.79 Å². The van der Waals surface area contributed by atoms with Crippen LogP contribution in [0.1, 0.15) is 47.5 Å². The van der Waals surface area contributed by atoms with Crippen molar-refractivity contribution in [1.29, 1.82) is 0 Å². The molecule has 1 amide bonds. The molecular weight excluding hydrogens is 246 g/mol. The quantitative estimate of drug-likeness (QED) is 0.704. The van der Waals surface area contributed by atoms with E-state index in [1.165, 1.54) is 0 Å². The van der Waals surface area contributed by atoms with E-state index in [-0.39, 0.29) is 22.1 Å². The Morgan fingerprint density at radius 2 is 1.61 bits per heavy atom. The van der Waals surface area contributed by atoms with E-state index in [2.05, 4.69) is 39.5 Å². The third-order valence-corrected chi connectivity index (χ3v) is 6.12. The Bertz CT molecular complexity index is 326.